The smallest absolute Gasteiger partial charge is 0.336 e. The third kappa shape index (κ3) is 4.44. The van der Waals surface area contributed by atoms with E-state index in [9.17, 15) is 24.5 Å². The Morgan fingerprint density at radius 1 is 1.11 bits per heavy atom. The van der Waals surface area contributed by atoms with Crippen molar-refractivity contribution in [2.24, 2.45) is 28.8 Å². The van der Waals surface area contributed by atoms with Gasteiger partial charge in [-0.05, 0) is 58.0 Å². The van der Waals surface area contributed by atoms with E-state index in [2.05, 4.69) is 37.0 Å². The minimum absolute atomic E-state index is 0.0750. The van der Waals surface area contributed by atoms with Gasteiger partial charge in [0.15, 0.2) is 5.75 Å². The van der Waals surface area contributed by atoms with Crippen molar-refractivity contribution in [3.63, 3.8) is 0 Å². The molecule has 2 aromatic rings. The Morgan fingerprint density at radius 3 is 2.47 bits per heavy atom. The highest BCUT2D eigenvalue weighted by molar-refractivity contribution is 9.11. The summed E-state index contributed by atoms with van der Waals surface area (Å²) in [6.45, 7) is 0. The molecule has 182 valence electrons. The molecule has 1 heterocycles. The van der Waals surface area contributed by atoms with Crippen LogP contribution in [0.3, 0.4) is 0 Å². The summed E-state index contributed by atoms with van der Waals surface area (Å²) in [6, 6.07) is 9.12. The molecule has 1 saturated heterocycles. The summed E-state index contributed by atoms with van der Waals surface area (Å²) in [6.07, 6.45) is 8.70. The van der Waals surface area contributed by atoms with Crippen molar-refractivity contribution in [2.75, 3.05) is 0 Å². The number of hydrogen-bond donors (Lipinski definition) is 0. The Morgan fingerprint density at radius 2 is 1.81 bits per heavy atom. The van der Waals surface area contributed by atoms with Crippen LogP contribution < -0.4 is 4.74 Å². The van der Waals surface area contributed by atoms with Gasteiger partial charge < -0.3 is 4.74 Å². The summed E-state index contributed by atoms with van der Waals surface area (Å²) in [4.78, 5) is 48.7. The number of amides is 2. The lowest BCUT2D eigenvalue weighted by atomic mass is 9.85. The highest BCUT2D eigenvalue weighted by atomic mass is 79.9. The van der Waals surface area contributed by atoms with Crippen molar-refractivity contribution >= 4 is 67.6 Å². The highest BCUT2D eigenvalue weighted by Crippen LogP contribution is 2.52. The summed E-state index contributed by atoms with van der Waals surface area (Å²) < 4.78 is 6.59. The van der Waals surface area contributed by atoms with Gasteiger partial charge in [0.1, 0.15) is 0 Å². The van der Waals surface area contributed by atoms with Crippen LogP contribution in [0.5, 0.6) is 5.75 Å². The standard InChI is InChI=1S/C25H17Br2N3O6/c26-17-10-16(12-28-29-24(32)21-14-5-6-15(9-14)22(21)25(29)33)23(19(27)11-17)36-20(31)7-4-13-2-1-3-18(8-13)30(34)35/h1-8,10-12,14-15,21-22H,9H2/b7-4+,28-12?/t14-,15-,21-,22+/m0/s1. The van der Waals surface area contributed by atoms with E-state index in [-0.39, 0.29) is 46.9 Å². The monoisotopic (exact) mass is 613 g/mol. The number of allylic oxidation sites excluding steroid dienone is 2. The topological polar surface area (TPSA) is 119 Å². The van der Waals surface area contributed by atoms with E-state index < -0.39 is 10.9 Å². The van der Waals surface area contributed by atoms with E-state index in [0.29, 0.717) is 20.1 Å². The van der Waals surface area contributed by atoms with E-state index in [1.54, 1.807) is 18.2 Å². The van der Waals surface area contributed by atoms with Gasteiger partial charge in [0.05, 0.1) is 27.4 Å². The highest BCUT2D eigenvalue weighted by Gasteiger charge is 2.59. The number of nitrogens with zero attached hydrogens (tertiary/aromatic N) is 3. The van der Waals surface area contributed by atoms with Crippen LogP contribution in [0.4, 0.5) is 5.69 Å². The number of rotatable bonds is 6. The quantitative estimate of drug-likeness (QED) is 0.0669. The van der Waals surface area contributed by atoms with E-state index in [1.165, 1.54) is 30.5 Å². The normalized spacial score (nSPS) is 24.3. The maximum absolute atomic E-state index is 12.9. The molecule has 2 amide bonds. The number of halogens is 2. The second-order valence-electron chi connectivity index (χ2n) is 8.65. The van der Waals surface area contributed by atoms with E-state index in [0.717, 1.165) is 17.5 Å². The minimum Gasteiger partial charge on any atom is -0.421 e. The molecule has 2 aliphatic carbocycles. The van der Waals surface area contributed by atoms with Crippen LogP contribution in [0.15, 0.2) is 68.7 Å². The zero-order valence-corrected chi connectivity index (χ0v) is 21.6. The molecular formula is C25H17Br2N3O6. The molecule has 5 rings (SSSR count). The number of esters is 1. The predicted octanol–water partition coefficient (Wildman–Crippen LogP) is 4.88. The molecule has 1 saturated carbocycles. The van der Waals surface area contributed by atoms with Crippen LogP contribution in [0.25, 0.3) is 6.08 Å². The number of ether oxygens (including phenoxy) is 1. The van der Waals surface area contributed by atoms with Gasteiger partial charge in [0, 0.05) is 28.2 Å². The summed E-state index contributed by atoms with van der Waals surface area (Å²) >= 11 is 6.74. The lowest BCUT2D eigenvalue weighted by Crippen LogP contribution is -2.28. The van der Waals surface area contributed by atoms with Crippen molar-refractivity contribution in [3.8, 4) is 5.75 Å². The maximum atomic E-state index is 12.9. The number of non-ortho nitro benzene ring substituents is 1. The van der Waals surface area contributed by atoms with Gasteiger partial charge in [0.2, 0.25) is 0 Å². The van der Waals surface area contributed by atoms with E-state index >= 15 is 0 Å². The molecular weight excluding hydrogens is 598 g/mol. The van der Waals surface area contributed by atoms with Crippen molar-refractivity contribution in [1.29, 1.82) is 0 Å². The first-order chi connectivity index (χ1) is 17.2. The molecule has 2 aromatic carbocycles. The molecule has 0 N–H and O–H groups in total. The fourth-order valence-corrected chi connectivity index (χ4v) is 6.28. The van der Waals surface area contributed by atoms with Crippen molar-refractivity contribution < 1.29 is 24.0 Å². The van der Waals surface area contributed by atoms with Crippen LogP contribution in [-0.4, -0.2) is 33.9 Å². The minimum atomic E-state index is -0.732. The molecule has 3 aliphatic rings. The Kier molecular flexibility index (Phi) is 6.44. The zero-order valence-electron chi connectivity index (χ0n) is 18.4. The van der Waals surface area contributed by atoms with Crippen molar-refractivity contribution in [2.45, 2.75) is 6.42 Å². The number of fused-ring (bicyclic) bond motifs is 5. The van der Waals surface area contributed by atoms with Crippen LogP contribution >= 0.6 is 31.9 Å². The van der Waals surface area contributed by atoms with Gasteiger partial charge in [-0.25, -0.2) is 4.79 Å². The number of carbonyl (C=O) groups is 3. The molecule has 1 aliphatic heterocycles. The summed E-state index contributed by atoms with van der Waals surface area (Å²) in [5.74, 6) is -1.81. The first-order valence-corrected chi connectivity index (χ1v) is 12.5. The van der Waals surface area contributed by atoms with Crippen molar-refractivity contribution in [1.82, 2.24) is 5.01 Å². The lowest BCUT2D eigenvalue weighted by molar-refractivity contribution is -0.384. The molecule has 0 radical (unpaired) electrons. The second kappa shape index (κ2) is 9.55. The Labute approximate surface area is 221 Å². The van der Waals surface area contributed by atoms with Gasteiger partial charge in [-0.1, -0.05) is 40.2 Å². The fraction of sp³-hybridized carbons (Fsp3) is 0.200. The van der Waals surface area contributed by atoms with Crippen LogP contribution in [0.2, 0.25) is 0 Å². The summed E-state index contributed by atoms with van der Waals surface area (Å²) in [5.41, 5.74) is 0.712. The number of carbonyl (C=O) groups excluding carboxylic acids is 3. The molecule has 0 spiro atoms. The fourth-order valence-electron chi connectivity index (χ4n) is 4.95. The van der Waals surface area contributed by atoms with Gasteiger partial charge in [-0.3, -0.25) is 19.7 Å². The second-order valence-corrected chi connectivity index (χ2v) is 10.4. The van der Waals surface area contributed by atoms with Crippen LogP contribution in [-0.2, 0) is 14.4 Å². The number of hydrogen-bond acceptors (Lipinski definition) is 7. The maximum Gasteiger partial charge on any atom is 0.336 e. The first-order valence-electron chi connectivity index (χ1n) is 11.0. The predicted molar refractivity (Wildman–Crippen MR) is 137 cm³/mol. The average molecular weight is 615 g/mol. The molecule has 0 aromatic heterocycles. The number of hydrazone groups is 1. The molecule has 4 atom stereocenters. The molecule has 9 nitrogen and oxygen atoms in total. The van der Waals surface area contributed by atoms with Gasteiger partial charge >= 0.3 is 5.97 Å². The summed E-state index contributed by atoms with van der Waals surface area (Å²) in [7, 11) is 0. The van der Waals surface area contributed by atoms with E-state index in [4.69, 9.17) is 4.74 Å². The third-order valence-electron chi connectivity index (χ3n) is 6.49. The van der Waals surface area contributed by atoms with Crippen LogP contribution in [0, 0.1) is 33.8 Å². The SMILES string of the molecule is O=C(/C=C/c1cccc([N+](=O)[O-])c1)Oc1c(Br)cc(Br)cc1C=NN1C(=O)[C@@H]2[C@H](C1=O)[C@H]1C=C[C@H]2C1. The van der Waals surface area contributed by atoms with Gasteiger partial charge in [-0.15, -0.1) is 0 Å². The number of imide groups is 1. The molecule has 2 bridgehead atoms. The molecule has 0 unspecified atom stereocenters. The average Bonchev–Trinajstić information content (AvgIpc) is 3.52. The van der Waals surface area contributed by atoms with E-state index in [1.807, 2.05) is 12.2 Å². The number of benzene rings is 2. The Bertz CT molecular complexity index is 1370. The molecule has 2 fully saturated rings. The Hall–Kier alpha value is -3.44. The number of nitro benzene ring substituents is 1. The largest absolute Gasteiger partial charge is 0.421 e. The molecule has 11 heteroatoms. The zero-order chi connectivity index (χ0) is 25.6. The Balaban J connectivity index is 1.35. The first kappa shape index (κ1) is 24.3. The van der Waals surface area contributed by atoms with Crippen molar-refractivity contribution in [3.05, 3.63) is 84.8 Å². The number of nitro groups is 1. The van der Waals surface area contributed by atoms with Gasteiger partial charge in [0.25, 0.3) is 17.5 Å². The lowest BCUT2D eigenvalue weighted by Gasteiger charge is -2.13. The van der Waals surface area contributed by atoms with Gasteiger partial charge in [-0.2, -0.15) is 10.1 Å². The third-order valence-corrected chi connectivity index (χ3v) is 7.54. The van der Waals surface area contributed by atoms with Crippen LogP contribution in [0.1, 0.15) is 17.5 Å². The summed E-state index contributed by atoms with van der Waals surface area (Å²) in [5, 5.41) is 16.0. The molecule has 36 heavy (non-hydrogen) atoms.